The number of fused-ring (bicyclic) bond motifs is 5. The highest BCUT2D eigenvalue weighted by molar-refractivity contribution is 6.02. The third-order valence-corrected chi connectivity index (χ3v) is 7.26. The van der Waals surface area contributed by atoms with Crippen molar-refractivity contribution in [3.63, 3.8) is 0 Å². The number of hydrogen-bond acceptors (Lipinski definition) is 3. The largest absolute Gasteiger partial charge is 0.497 e. The van der Waals surface area contributed by atoms with E-state index in [4.69, 9.17) is 4.74 Å². The molecule has 0 aromatic heterocycles. The van der Waals surface area contributed by atoms with E-state index in [1.54, 1.807) is 7.11 Å². The number of carbonyl (C=O) groups is 1. The number of nitrogens with zero attached hydrogens (tertiary/aromatic N) is 1. The van der Waals surface area contributed by atoms with Crippen molar-refractivity contribution in [1.82, 2.24) is 4.90 Å². The minimum absolute atomic E-state index is 0.164. The molecular weight excluding hydrogens is 334 g/mol. The summed E-state index contributed by atoms with van der Waals surface area (Å²) in [6.45, 7) is 2.23. The van der Waals surface area contributed by atoms with Crippen LogP contribution < -0.4 is 4.74 Å². The third kappa shape index (κ3) is 3.01. The molecule has 1 aromatic rings. The number of ether oxygens (including phenoxy) is 1. The molecule has 4 rings (SSSR count). The second-order valence-electron chi connectivity index (χ2n) is 8.97. The smallest absolute Gasteiger partial charge is 0.165 e. The van der Waals surface area contributed by atoms with Gasteiger partial charge in [-0.2, -0.15) is 0 Å². The van der Waals surface area contributed by atoms with Gasteiger partial charge in [-0.25, -0.2) is 0 Å². The molecule has 144 valence electrons. The summed E-state index contributed by atoms with van der Waals surface area (Å²) in [6, 6.07) is 6.60. The average Bonchev–Trinajstić information content (AvgIpc) is 2.92. The lowest BCUT2D eigenvalue weighted by atomic mass is 9.55. The van der Waals surface area contributed by atoms with Gasteiger partial charge in [-0.3, -0.25) is 4.79 Å². The van der Waals surface area contributed by atoms with Crippen molar-refractivity contribution in [1.29, 1.82) is 0 Å². The van der Waals surface area contributed by atoms with Gasteiger partial charge in [-0.1, -0.05) is 19.1 Å². The van der Waals surface area contributed by atoms with Crippen LogP contribution in [0, 0.1) is 17.3 Å². The van der Waals surface area contributed by atoms with E-state index in [0.29, 0.717) is 23.5 Å². The highest BCUT2D eigenvalue weighted by Crippen LogP contribution is 2.60. The van der Waals surface area contributed by atoms with Crippen LogP contribution in [0.4, 0.5) is 0 Å². The van der Waals surface area contributed by atoms with Crippen molar-refractivity contribution in [2.24, 2.45) is 17.3 Å². The van der Waals surface area contributed by atoms with Crippen LogP contribution in [0.1, 0.15) is 49.7 Å². The van der Waals surface area contributed by atoms with E-state index in [9.17, 15) is 4.79 Å². The van der Waals surface area contributed by atoms with Crippen LogP contribution in [-0.4, -0.2) is 31.9 Å². The lowest BCUT2D eigenvalue weighted by Crippen LogP contribution is -2.42. The predicted octanol–water partition coefficient (Wildman–Crippen LogP) is 4.73. The second-order valence-corrected chi connectivity index (χ2v) is 8.97. The second kappa shape index (κ2) is 6.85. The summed E-state index contributed by atoms with van der Waals surface area (Å²) in [5.74, 6) is 3.06. The molecule has 2 saturated carbocycles. The zero-order chi connectivity index (χ0) is 19.2. The molecule has 2 fully saturated rings. The fourth-order valence-electron chi connectivity index (χ4n) is 5.84. The van der Waals surface area contributed by atoms with E-state index in [-0.39, 0.29) is 5.41 Å². The Morgan fingerprint density at radius 2 is 2.07 bits per heavy atom. The molecule has 0 N–H and O–H groups in total. The summed E-state index contributed by atoms with van der Waals surface area (Å²) in [5.41, 5.74) is 3.82. The standard InChI is InChI=1S/C24H31NO2/c1-24-12-11-20-19-10-8-18(27-4)14-16(19)7-9-21(20)22(24)15-17(23(24)26)6-5-13-25(2)3/h5-6,8,10,13-14,20-22H,7,9,11-12,15H2,1-4H3/b13-5+,17-6+/t20-,21+,22+,24-/m1/s1. The van der Waals surface area contributed by atoms with Gasteiger partial charge in [0.1, 0.15) is 5.75 Å². The first-order valence-electron chi connectivity index (χ1n) is 10.2. The molecule has 4 atom stereocenters. The van der Waals surface area contributed by atoms with E-state index >= 15 is 0 Å². The Hall–Kier alpha value is -2.03. The molecule has 3 aliphatic rings. The maximum absolute atomic E-state index is 13.2. The Balaban J connectivity index is 1.63. The van der Waals surface area contributed by atoms with Gasteiger partial charge in [0.25, 0.3) is 0 Å². The molecule has 3 nitrogen and oxygen atoms in total. The van der Waals surface area contributed by atoms with Gasteiger partial charge in [-0.05, 0) is 91.0 Å². The summed E-state index contributed by atoms with van der Waals surface area (Å²) in [4.78, 5) is 15.2. The van der Waals surface area contributed by atoms with E-state index < -0.39 is 0 Å². The Kier molecular flexibility index (Phi) is 4.65. The first kappa shape index (κ1) is 18.3. The molecule has 27 heavy (non-hydrogen) atoms. The van der Waals surface area contributed by atoms with Crippen molar-refractivity contribution in [3.8, 4) is 5.75 Å². The van der Waals surface area contributed by atoms with Gasteiger partial charge in [0.2, 0.25) is 0 Å². The molecule has 0 aliphatic heterocycles. The SMILES string of the molecule is COc1ccc2c(c1)CC[C@H]1[C@@H]2CC[C@@]2(C)C(=O)/C(=C/C=C/N(C)C)C[C@@H]12. The minimum Gasteiger partial charge on any atom is -0.497 e. The van der Waals surface area contributed by atoms with Gasteiger partial charge >= 0.3 is 0 Å². The number of ketones is 1. The van der Waals surface area contributed by atoms with Crippen molar-refractivity contribution >= 4 is 5.78 Å². The number of Topliss-reactive ketones (excluding diaryl/α,β-unsaturated/α-hetero) is 1. The van der Waals surface area contributed by atoms with Gasteiger partial charge in [0.15, 0.2) is 5.78 Å². The lowest BCUT2D eigenvalue weighted by Gasteiger charge is -2.48. The lowest BCUT2D eigenvalue weighted by molar-refractivity contribution is -0.127. The highest BCUT2D eigenvalue weighted by atomic mass is 16.5. The van der Waals surface area contributed by atoms with Crippen LogP contribution in [0.5, 0.6) is 5.75 Å². The summed E-state index contributed by atoms with van der Waals surface area (Å²) in [7, 11) is 5.75. The number of aryl methyl sites for hydroxylation is 1. The van der Waals surface area contributed by atoms with E-state index in [2.05, 4.69) is 31.2 Å². The first-order valence-corrected chi connectivity index (χ1v) is 10.2. The molecule has 0 unspecified atom stereocenters. The molecule has 0 heterocycles. The number of methoxy groups -OCH3 is 1. The zero-order valence-electron chi connectivity index (χ0n) is 17.0. The zero-order valence-corrected chi connectivity index (χ0v) is 17.0. The molecule has 1 aromatic carbocycles. The van der Waals surface area contributed by atoms with Crippen molar-refractivity contribution in [3.05, 3.63) is 53.3 Å². The summed E-state index contributed by atoms with van der Waals surface area (Å²) < 4.78 is 5.42. The molecule has 0 bridgehead atoms. The van der Waals surface area contributed by atoms with Gasteiger partial charge in [0.05, 0.1) is 7.11 Å². The molecule has 3 heteroatoms. The quantitative estimate of drug-likeness (QED) is 0.725. The van der Waals surface area contributed by atoms with Crippen molar-refractivity contribution < 1.29 is 9.53 Å². The Morgan fingerprint density at radius 1 is 1.26 bits per heavy atom. The van der Waals surface area contributed by atoms with E-state index in [0.717, 1.165) is 37.0 Å². The minimum atomic E-state index is -0.164. The topological polar surface area (TPSA) is 29.5 Å². The highest BCUT2D eigenvalue weighted by Gasteiger charge is 2.56. The maximum atomic E-state index is 13.2. The number of benzene rings is 1. The van der Waals surface area contributed by atoms with E-state index in [1.807, 2.05) is 31.3 Å². The Morgan fingerprint density at radius 3 is 2.81 bits per heavy atom. The Bertz CT molecular complexity index is 807. The molecule has 0 spiro atoms. The Labute approximate surface area is 163 Å². The summed E-state index contributed by atoms with van der Waals surface area (Å²) in [5, 5.41) is 0. The third-order valence-electron chi connectivity index (χ3n) is 7.26. The molecular formula is C24H31NO2. The summed E-state index contributed by atoms with van der Waals surface area (Å²) >= 11 is 0. The van der Waals surface area contributed by atoms with Crippen molar-refractivity contribution in [2.45, 2.75) is 44.9 Å². The van der Waals surface area contributed by atoms with Crippen molar-refractivity contribution in [2.75, 3.05) is 21.2 Å². The van der Waals surface area contributed by atoms with Gasteiger partial charge in [-0.15, -0.1) is 0 Å². The molecule has 0 saturated heterocycles. The molecule has 0 amide bonds. The predicted molar refractivity (Wildman–Crippen MR) is 109 cm³/mol. The number of carbonyl (C=O) groups excluding carboxylic acids is 1. The fraction of sp³-hybridized carbons (Fsp3) is 0.542. The van der Waals surface area contributed by atoms with Gasteiger partial charge < -0.3 is 9.64 Å². The van der Waals surface area contributed by atoms with Crippen LogP contribution in [0.3, 0.4) is 0 Å². The monoisotopic (exact) mass is 365 g/mol. The van der Waals surface area contributed by atoms with Crippen LogP contribution in [0.15, 0.2) is 42.1 Å². The number of allylic oxidation sites excluding steroid dienone is 3. The number of hydrogen-bond donors (Lipinski definition) is 0. The maximum Gasteiger partial charge on any atom is 0.165 e. The summed E-state index contributed by atoms with van der Waals surface area (Å²) in [6.07, 6.45) is 11.5. The van der Waals surface area contributed by atoms with Crippen LogP contribution in [0.25, 0.3) is 0 Å². The average molecular weight is 366 g/mol. The van der Waals surface area contributed by atoms with Gasteiger partial charge in [0, 0.05) is 19.5 Å². The van der Waals surface area contributed by atoms with Crippen LogP contribution >= 0.6 is 0 Å². The van der Waals surface area contributed by atoms with E-state index in [1.165, 1.54) is 17.5 Å². The van der Waals surface area contributed by atoms with Crippen LogP contribution in [0.2, 0.25) is 0 Å². The molecule has 3 aliphatic carbocycles. The normalized spacial score (nSPS) is 33.7. The van der Waals surface area contributed by atoms with Crippen LogP contribution in [-0.2, 0) is 11.2 Å². The molecule has 0 radical (unpaired) electrons. The fourth-order valence-corrected chi connectivity index (χ4v) is 5.84. The number of rotatable bonds is 3. The first-order chi connectivity index (χ1) is 12.9.